The van der Waals surface area contributed by atoms with E-state index in [0.29, 0.717) is 10.8 Å². The molecule has 0 heterocycles. The van der Waals surface area contributed by atoms with E-state index in [-0.39, 0.29) is 28.2 Å². The first-order valence-corrected chi connectivity index (χ1v) is 3.81. The minimum absolute atomic E-state index is 0. The van der Waals surface area contributed by atoms with Gasteiger partial charge < -0.3 is 26.3 Å². The van der Waals surface area contributed by atoms with Gasteiger partial charge in [-0.15, -0.1) is 0 Å². The summed E-state index contributed by atoms with van der Waals surface area (Å²) in [6, 6.07) is 7.31. The van der Waals surface area contributed by atoms with E-state index in [1.165, 1.54) is 24.3 Å². The molecule has 2 aromatic rings. The molecule has 5 nitrogen and oxygen atoms in total. The van der Waals surface area contributed by atoms with Crippen molar-refractivity contribution >= 4 is 10.8 Å². The second kappa shape index (κ2) is 4.50. The van der Waals surface area contributed by atoms with Gasteiger partial charge in [0.05, 0.1) is 0 Å². The van der Waals surface area contributed by atoms with Gasteiger partial charge in [0.25, 0.3) is 0 Å². The van der Waals surface area contributed by atoms with E-state index in [9.17, 15) is 5.11 Å². The third-order valence-corrected chi connectivity index (χ3v) is 1.90. The molecule has 0 saturated carbocycles. The standard InChI is InChI=1S/C10H8O3.2H2O/c11-7-1-2-9-6(3-7)4-8(12)5-10(9)13;;/h1-5,11-13H;2*1H2. The van der Waals surface area contributed by atoms with Crippen molar-refractivity contribution in [3.63, 3.8) is 0 Å². The van der Waals surface area contributed by atoms with Crippen molar-refractivity contribution in [1.82, 2.24) is 0 Å². The lowest BCUT2D eigenvalue weighted by Crippen LogP contribution is -1.74. The van der Waals surface area contributed by atoms with E-state index in [0.717, 1.165) is 0 Å². The van der Waals surface area contributed by atoms with Gasteiger partial charge in [-0.2, -0.15) is 0 Å². The number of rotatable bonds is 0. The van der Waals surface area contributed by atoms with Gasteiger partial charge >= 0.3 is 0 Å². The fourth-order valence-corrected chi connectivity index (χ4v) is 1.32. The van der Waals surface area contributed by atoms with Crippen LogP contribution in [0.3, 0.4) is 0 Å². The molecule has 2 rings (SSSR count). The molecule has 0 amide bonds. The number of hydrogen-bond acceptors (Lipinski definition) is 3. The Morgan fingerprint density at radius 1 is 0.733 bits per heavy atom. The van der Waals surface area contributed by atoms with Gasteiger partial charge in [-0.05, 0) is 29.7 Å². The molecule has 0 atom stereocenters. The van der Waals surface area contributed by atoms with Gasteiger partial charge in [-0.3, -0.25) is 0 Å². The Morgan fingerprint density at radius 3 is 2.00 bits per heavy atom. The zero-order valence-corrected chi connectivity index (χ0v) is 7.73. The first-order valence-electron chi connectivity index (χ1n) is 3.81. The SMILES string of the molecule is O.O.Oc1ccc2c(O)cc(O)cc2c1. The van der Waals surface area contributed by atoms with Crippen molar-refractivity contribution < 1.29 is 26.3 Å². The quantitative estimate of drug-likeness (QED) is 0.581. The molecule has 0 spiro atoms. The van der Waals surface area contributed by atoms with Crippen molar-refractivity contribution in [2.45, 2.75) is 0 Å². The van der Waals surface area contributed by atoms with Crippen LogP contribution in [0.25, 0.3) is 10.8 Å². The summed E-state index contributed by atoms with van der Waals surface area (Å²) in [5.74, 6) is 0.100. The highest BCUT2D eigenvalue weighted by atomic mass is 16.3. The molecule has 0 radical (unpaired) electrons. The van der Waals surface area contributed by atoms with Crippen LogP contribution in [0.15, 0.2) is 30.3 Å². The molecular weight excluding hydrogens is 200 g/mol. The topological polar surface area (TPSA) is 124 Å². The summed E-state index contributed by atoms with van der Waals surface area (Å²) in [4.78, 5) is 0. The molecule has 0 fully saturated rings. The summed E-state index contributed by atoms with van der Waals surface area (Å²) in [6.07, 6.45) is 0. The van der Waals surface area contributed by atoms with Crippen LogP contribution in [0.2, 0.25) is 0 Å². The van der Waals surface area contributed by atoms with E-state index in [2.05, 4.69) is 0 Å². The Morgan fingerprint density at radius 2 is 1.33 bits per heavy atom. The first kappa shape index (κ1) is 13.0. The van der Waals surface area contributed by atoms with Crippen LogP contribution in [-0.4, -0.2) is 26.3 Å². The zero-order chi connectivity index (χ0) is 9.42. The smallest absolute Gasteiger partial charge is 0.127 e. The summed E-state index contributed by atoms with van der Waals surface area (Å²) in [6.45, 7) is 0. The third kappa shape index (κ3) is 2.28. The zero-order valence-electron chi connectivity index (χ0n) is 7.73. The molecule has 0 aliphatic carbocycles. The van der Waals surface area contributed by atoms with E-state index in [1.807, 2.05) is 0 Å². The van der Waals surface area contributed by atoms with Gasteiger partial charge in [-0.1, -0.05) is 0 Å². The summed E-state index contributed by atoms with van der Waals surface area (Å²) in [5, 5.41) is 28.9. The number of phenolic OH excluding ortho intramolecular Hbond substituents is 3. The predicted molar refractivity (Wildman–Crippen MR) is 56.2 cm³/mol. The normalized spacial score (nSPS) is 9.07. The third-order valence-electron chi connectivity index (χ3n) is 1.90. The Kier molecular flexibility index (Phi) is 3.90. The first-order chi connectivity index (χ1) is 6.16. The summed E-state index contributed by atoms with van der Waals surface area (Å²) in [7, 11) is 0. The highest BCUT2D eigenvalue weighted by molar-refractivity contribution is 5.90. The van der Waals surface area contributed by atoms with Gasteiger partial charge in [0.1, 0.15) is 17.2 Å². The van der Waals surface area contributed by atoms with Crippen molar-refractivity contribution in [2.75, 3.05) is 0 Å². The van der Waals surface area contributed by atoms with Crippen molar-refractivity contribution in [3.05, 3.63) is 30.3 Å². The highest BCUT2D eigenvalue weighted by Crippen LogP contribution is 2.31. The second-order valence-electron chi connectivity index (χ2n) is 2.87. The maximum absolute atomic E-state index is 9.40. The van der Waals surface area contributed by atoms with Crippen LogP contribution >= 0.6 is 0 Å². The highest BCUT2D eigenvalue weighted by Gasteiger charge is 2.02. The maximum atomic E-state index is 9.40. The lowest BCUT2D eigenvalue weighted by Gasteiger charge is -2.02. The van der Waals surface area contributed by atoms with Gasteiger partial charge in [0.15, 0.2) is 0 Å². The minimum Gasteiger partial charge on any atom is -0.508 e. The Labute approximate surface area is 85.5 Å². The molecule has 7 N–H and O–H groups in total. The van der Waals surface area contributed by atoms with E-state index < -0.39 is 0 Å². The van der Waals surface area contributed by atoms with Gasteiger partial charge in [0.2, 0.25) is 0 Å². The van der Waals surface area contributed by atoms with Crippen molar-refractivity contribution in [2.24, 2.45) is 0 Å². The molecule has 0 aromatic heterocycles. The Bertz CT molecular complexity index is 461. The van der Waals surface area contributed by atoms with Crippen LogP contribution in [0.1, 0.15) is 0 Å². The molecule has 0 unspecified atom stereocenters. The molecule has 2 aromatic carbocycles. The summed E-state index contributed by atoms with van der Waals surface area (Å²) >= 11 is 0. The van der Waals surface area contributed by atoms with Gasteiger partial charge in [0, 0.05) is 11.5 Å². The van der Waals surface area contributed by atoms with E-state index in [1.54, 1.807) is 6.07 Å². The van der Waals surface area contributed by atoms with Crippen molar-refractivity contribution in [1.29, 1.82) is 0 Å². The van der Waals surface area contributed by atoms with Gasteiger partial charge in [-0.25, -0.2) is 0 Å². The number of phenols is 3. The van der Waals surface area contributed by atoms with E-state index >= 15 is 0 Å². The molecular formula is C10H12O5. The van der Waals surface area contributed by atoms with Crippen molar-refractivity contribution in [3.8, 4) is 17.2 Å². The summed E-state index contributed by atoms with van der Waals surface area (Å²) in [5.41, 5.74) is 0. The average Bonchev–Trinajstić information content (AvgIpc) is 2.02. The van der Waals surface area contributed by atoms with Crippen LogP contribution < -0.4 is 0 Å². The number of benzene rings is 2. The fourth-order valence-electron chi connectivity index (χ4n) is 1.32. The molecule has 82 valence electrons. The van der Waals surface area contributed by atoms with Crippen LogP contribution in [0, 0.1) is 0 Å². The Hall–Kier alpha value is -1.98. The molecule has 0 aliphatic heterocycles. The molecule has 0 bridgehead atoms. The largest absolute Gasteiger partial charge is 0.508 e. The van der Waals surface area contributed by atoms with Crippen LogP contribution in [0.5, 0.6) is 17.2 Å². The van der Waals surface area contributed by atoms with Crippen LogP contribution in [0.4, 0.5) is 0 Å². The molecule has 15 heavy (non-hydrogen) atoms. The Balaban J connectivity index is 0.000000980. The molecule has 5 heteroatoms. The second-order valence-corrected chi connectivity index (χ2v) is 2.87. The molecule has 0 saturated heterocycles. The lowest BCUT2D eigenvalue weighted by atomic mass is 10.1. The number of hydrogen-bond donors (Lipinski definition) is 3. The number of aromatic hydroxyl groups is 3. The average molecular weight is 212 g/mol. The van der Waals surface area contributed by atoms with Crippen LogP contribution in [-0.2, 0) is 0 Å². The van der Waals surface area contributed by atoms with E-state index in [4.69, 9.17) is 10.2 Å². The number of fused-ring (bicyclic) bond motifs is 1. The monoisotopic (exact) mass is 212 g/mol. The predicted octanol–water partition coefficient (Wildman–Crippen LogP) is 0.307. The minimum atomic E-state index is -0.0180. The maximum Gasteiger partial charge on any atom is 0.127 e. The molecule has 0 aliphatic rings. The lowest BCUT2D eigenvalue weighted by molar-refractivity contribution is 0.455. The summed E-state index contributed by atoms with van der Waals surface area (Å²) < 4.78 is 0. The fraction of sp³-hybridized carbons (Fsp3) is 0.